The lowest BCUT2D eigenvalue weighted by Crippen LogP contribution is -2.13. The summed E-state index contributed by atoms with van der Waals surface area (Å²) in [7, 11) is 1.53. The van der Waals surface area contributed by atoms with Gasteiger partial charge in [-0.1, -0.05) is 29.3 Å². The topological polar surface area (TPSA) is 63.2 Å². The van der Waals surface area contributed by atoms with Crippen molar-refractivity contribution in [3.05, 3.63) is 76.5 Å². The Kier molecular flexibility index (Phi) is 5.61. The fourth-order valence-corrected chi connectivity index (χ4v) is 2.75. The van der Waals surface area contributed by atoms with E-state index in [2.05, 4.69) is 15.6 Å². The van der Waals surface area contributed by atoms with Gasteiger partial charge in [0.2, 0.25) is 0 Å². The van der Waals surface area contributed by atoms with Crippen molar-refractivity contribution in [2.24, 2.45) is 0 Å². The van der Waals surface area contributed by atoms with Gasteiger partial charge in [-0.05, 0) is 48.5 Å². The molecule has 2 N–H and O–H groups in total. The Morgan fingerprint density at radius 1 is 1.00 bits per heavy atom. The fourth-order valence-electron chi connectivity index (χ4n) is 2.30. The maximum atomic E-state index is 12.4. The summed E-state index contributed by atoms with van der Waals surface area (Å²) in [6.45, 7) is 0. The Balaban J connectivity index is 1.74. The number of nitrogens with one attached hydrogen (secondary N) is 2. The first-order valence-corrected chi connectivity index (χ1v) is 8.44. The Hall–Kier alpha value is -2.76. The number of anilines is 3. The van der Waals surface area contributed by atoms with Crippen LogP contribution in [0.15, 0.2) is 60.8 Å². The van der Waals surface area contributed by atoms with E-state index in [1.165, 1.54) is 7.11 Å². The first-order chi connectivity index (χ1) is 12.5. The second kappa shape index (κ2) is 8.08. The highest BCUT2D eigenvalue weighted by molar-refractivity contribution is 6.32. The van der Waals surface area contributed by atoms with Gasteiger partial charge >= 0.3 is 0 Å². The Bertz CT molecular complexity index is 948. The van der Waals surface area contributed by atoms with Crippen molar-refractivity contribution in [3.8, 4) is 5.75 Å². The van der Waals surface area contributed by atoms with E-state index in [-0.39, 0.29) is 11.6 Å². The number of hydrogen-bond acceptors (Lipinski definition) is 4. The number of carbonyl (C=O) groups is 1. The van der Waals surface area contributed by atoms with Gasteiger partial charge in [0, 0.05) is 28.3 Å². The summed E-state index contributed by atoms with van der Waals surface area (Å²) in [5.74, 6) is 0.191. The van der Waals surface area contributed by atoms with Crippen LogP contribution in [0.25, 0.3) is 0 Å². The van der Waals surface area contributed by atoms with Crippen molar-refractivity contribution in [1.29, 1.82) is 0 Å². The molecular weight excluding hydrogens is 373 g/mol. The normalized spacial score (nSPS) is 10.3. The third-order valence-corrected chi connectivity index (χ3v) is 4.05. The molecule has 1 heterocycles. The van der Waals surface area contributed by atoms with Crippen LogP contribution < -0.4 is 15.4 Å². The van der Waals surface area contributed by atoms with Crippen molar-refractivity contribution in [2.75, 3.05) is 17.7 Å². The smallest absolute Gasteiger partial charge is 0.274 e. The Morgan fingerprint density at radius 3 is 2.54 bits per heavy atom. The third-order valence-electron chi connectivity index (χ3n) is 3.52. The molecule has 132 valence electrons. The molecule has 0 fully saturated rings. The molecular formula is C19H15Cl2N3O2. The zero-order chi connectivity index (χ0) is 18.5. The van der Waals surface area contributed by atoms with Crippen molar-refractivity contribution in [3.63, 3.8) is 0 Å². The SMILES string of the molecule is COc1ccc(NC(=O)c2cc(Nc3cccc(Cl)c3)ccn2)cc1Cl. The molecule has 0 radical (unpaired) electrons. The van der Waals surface area contributed by atoms with Crippen molar-refractivity contribution < 1.29 is 9.53 Å². The zero-order valence-electron chi connectivity index (χ0n) is 13.8. The van der Waals surface area contributed by atoms with Crippen molar-refractivity contribution in [2.45, 2.75) is 0 Å². The molecule has 0 saturated heterocycles. The second-order valence-electron chi connectivity index (χ2n) is 5.37. The number of nitrogens with zero attached hydrogens (tertiary/aromatic N) is 1. The average molecular weight is 388 g/mol. The van der Waals surface area contributed by atoms with E-state index < -0.39 is 0 Å². The van der Waals surface area contributed by atoms with Gasteiger partial charge in [-0.2, -0.15) is 0 Å². The molecule has 0 bridgehead atoms. The fraction of sp³-hybridized carbons (Fsp3) is 0.0526. The van der Waals surface area contributed by atoms with Crippen LogP contribution in [0.3, 0.4) is 0 Å². The molecule has 0 aliphatic heterocycles. The van der Waals surface area contributed by atoms with Gasteiger partial charge in [-0.3, -0.25) is 9.78 Å². The molecule has 5 nitrogen and oxygen atoms in total. The molecule has 26 heavy (non-hydrogen) atoms. The minimum Gasteiger partial charge on any atom is -0.495 e. The zero-order valence-corrected chi connectivity index (χ0v) is 15.3. The molecule has 0 aliphatic carbocycles. The van der Waals surface area contributed by atoms with Gasteiger partial charge < -0.3 is 15.4 Å². The lowest BCUT2D eigenvalue weighted by Gasteiger charge is -2.10. The largest absolute Gasteiger partial charge is 0.495 e. The van der Waals surface area contributed by atoms with Gasteiger partial charge in [0.05, 0.1) is 12.1 Å². The summed E-state index contributed by atoms with van der Waals surface area (Å²) in [6.07, 6.45) is 1.56. The number of rotatable bonds is 5. The standard InChI is InChI=1S/C19H15Cl2N3O2/c1-26-18-6-5-14(10-16(18)21)24-19(25)17-11-15(7-8-22-17)23-13-4-2-3-12(20)9-13/h2-11H,1H3,(H,22,23)(H,24,25). The van der Waals surface area contributed by atoms with Gasteiger partial charge in [0.1, 0.15) is 11.4 Å². The number of halogens is 2. The minimum atomic E-state index is -0.346. The number of benzene rings is 2. The van der Waals surface area contributed by atoms with E-state index in [1.54, 1.807) is 48.7 Å². The first-order valence-electron chi connectivity index (χ1n) is 7.69. The number of aromatic nitrogens is 1. The molecule has 7 heteroatoms. The van der Waals surface area contributed by atoms with E-state index in [9.17, 15) is 4.79 Å². The molecule has 0 spiro atoms. The Labute approximate surface area is 160 Å². The van der Waals surface area contributed by atoms with Crippen LogP contribution in [0.5, 0.6) is 5.75 Å². The number of ether oxygens (including phenoxy) is 1. The maximum absolute atomic E-state index is 12.4. The van der Waals surface area contributed by atoms with Gasteiger partial charge in [-0.25, -0.2) is 0 Å². The molecule has 1 amide bonds. The van der Waals surface area contributed by atoms with Gasteiger partial charge in [0.25, 0.3) is 5.91 Å². The molecule has 0 unspecified atom stereocenters. The van der Waals surface area contributed by atoms with Crippen LogP contribution in [0, 0.1) is 0 Å². The summed E-state index contributed by atoms with van der Waals surface area (Å²) in [6, 6.07) is 15.7. The minimum absolute atomic E-state index is 0.268. The number of amides is 1. The van der Waals surface area contributed by atoms with Gasteiger partial charge in [0.15, 0.2) is 0 Å². The molecule has 0 saturated carbocycles. The molecule has 3 rings (SSSR count). The predicted octanol–water partition coefficient (Wildman–Crippen LogP) is 5.39. The van der Waals surface area contributed by atoms with Crippen LogP contribution in [0.4, 0.5) is 17.1 Å². The van der Waals surface area contributed by atoms with Crippen LogP contribution in [0.2, 0.25) is 10.0 Å². The highest BCUT2D eigenvalue weighted by Gasteiger charge is 2.10. The van der Waals surface area contributed by atoms with E-state index in [0.29, 0.717) is 21.5 Å². The van der Waals surface area contributed by atoms with E-state index in [1.807, 2.05) is 12.1 Å². The van der Waals surface area contributed by atoms with Crippen LogP contribution in [-0.2, 0) is 0 Å². The maximum Gasteiger partial charge on any atom is 0.274 e. The van der Waals surface area contributed by atoms with Crippen molar-refractivity contribution in [1.82, 2.24) is 4.98 Å². The number of methoxy groups -OCH3 is 1. The third kappa shape index (κ3) is 4.45. The summed E-state index contributed by atoms with van der Waals surface area (Å²) < 4.78 is 5.10. The quantitative estimate of drug-likeness (QED) is 0.615. The van der Waals surface area contributed by atoms with Crippen LogP contribution >= 0.6 is 23.2 Å². The number of carbonyl (C=O) groups excluding carboxylic acids is 1. The van der Waals surface area contributed by atoms with Crippen molar-refractivity contribution >= 4 is 46.2 Å². The summed E-state index contributed by atoms with van der Waals surface area (Å²) >= 11 is 12.1. The van der Waals surface area contributed by atoms with E-state index in [4.69, 9.17) is 27.9 Å². The lowest BCUT2D eigenvalue weighted by atomic mass is 10.2. The van der Waals surface area contributed by atoms with Crippen LogP contribution in [-0.4, -0.2) is 18.0 Å². The first kappa shape index (κ1) is 18.0. The van der Waals surface area contributed by atoms with E-state index in [0.717, 1.165) is 11.4 Å². The van der Waals surface area contributed by atoms with Gasteiger partial charge in [-0.15, -0.1) is 0 Å². The predicted molar refractivity (Wildman–Crippen MR) is 105 cm³/mol. The molecule has 0 atom stereocenters. The Morgan fingerprint density at radius 2 is 1.81 bits per heavy atom. The highest BCUT2D eigenvalue weighted by atomic mass is 35.5. The molecule has 2 aromatic carbocycles. The molecule has 3 aromatic rings. The molecule has 1 aromatic heterocycles. The number of pyridine rings is 1. The van der Waals surface area contributed by atoms with E-state index >= 15 is 0 Å². The monoisotopic (exact) mass is 387 g/mol. The average Bonchev–Trinajstić information content (AvgIpc) is 2.62. The summed E-state index contributed by atoms with van der Waals surface area (Å²) in [5.41, 5.74) is 2.36. The summed E-state index contributed by atoms with van der Waals surface area (Å²) in [5, 5.41) is 6.98. The summed E-state index contributed by atoms with van der Waals surface area (Å²) in [4.78, 5) is 16.6. The second-order valence-corrected chi connectivity index (χ2v) is 6.21. The molecule has 0 aliphatic rings. The highest BCUT2D eigenvalue weighted by Crippen LogP contribution is 2.27. The lowest BCUT2D eigenvalue weighted by molar-refractivity contribution is 0.102. The number of hydrogen-bond donors (Lipinski definition) is 2. The van der Waals surface area contributed by atoms with Crippen LogP contribution in [0.1, 0.15) is 10.5 Å².